The van der Waals surface area contributed by atoms with Crippen molar-refractivity contribution in [2.75, 3.05) is 0 Å². The van der Waals surface area contributed by atoms with E-state index in [1.54, 1.807) is 26.3 Å². The van der Waals surface area contributed by atoms with Gasteiger partial charge in [-0.15, -0.1) is 6.58 Å². The molecule has 23 heavy (non-hydrogen) atoms. The van der Waals surface area contributed by atoms with Crippen molar-refractivity contribution in [2.45, 2.75) is 25.9 Å². The predicted molar refractivity (Wildman–Crippen MR) is 90.6 cm³/mol. The van der Waals surface area contributed by atoms with Crippen LogP contribution in [0.3, 0.4) is 0 Å². The lowest BCUT2D eigenvalue weighted by Gasteiger charge is -2.23. The second-order valence-corrected chi connectivity index (χ2v) is 6.19. The Morgan fingerprint density at radius 3 is 2.78 bits per heavy atom. The smallest absolute Gasteiger partial charge is 0.130 e. The number of aromatic amines is 1. The molecule has 3 nitrogen and oxygen atoms in total. The van der Waals surface area contributed by atoms with E-state index >= 15 is 0 Å². The quantitative estimate of drug-likeness (QED) is 0.705. The van der Waals surface area contributed by atoms with Crippen molar-refractivity contribution in [3.8, 4) is 11.1 Å². The second kappa shape index (κ2) is 5.63. The Morgan fingerprint density at radius 1 is 1.30 bits per heavy atom. The molecule has 0 amide bonds. The van der Waals surface area contributed by atoms with Gasteiger partial charge in [0.05, 0.1) is 23.0 Å². The van der Waals surface area contributed by atoms with Crippen molar-refractivity contribution in [1.29, 1.82) is 0 Å². The van der Waals surface area contributed by atoms with E-state index in [2.05, 4.69) is 16.5 Å². The molecule has 0 unspecified atom stereocenters. The van der Waals surface area contributed by atoms with Crippen LogP contribution in [0.5, 0.6) is 0 Å². The summed E-state index contributed by atoms with van der Waals surface area (Å²) in [6, 6.07) is 9.08. The van der Waals surface area contributed by atoms with E-state index in [1.807, 2.05) is 24.3 Å². The molecule has 0 bridgehead atoms. The number of rotatable bonds is 4. The van der Waals surface area contributed by atoms with E-state index in [0.717, 1.165) is 22.2 Å². The molecule has 118 valence electrons. The van der Waals surface area contributed by atoms with E-state index in [9.17, 15) is 9.50 Å². The fraction of sp³-hybridized carbons (Fsp3) is 0.211. The summed E-state index contributed by atoms with van der Waals surface area (Å²) in [6.45, 7) is 6.89. The van der Waals surface area contributed by atoms with Crippen LogP contribution >= 0.6 is 0 Å². The third kappa shape index (κ3) is 2.90. The van der Waals surface area contributed by atoms with Gasteiger partial charge in [0.15, 0.2) is 0 Å². The first-order chi connectivity index (χ1) is 10.9. The van der Waals surface area contributed by atoms with Crippen LogP contribution in [-0.2, 0) is 12.0 Å². The fourth-order valence-electron chi connectivity index (χ4n) is 2.90. The molecular weight excluding hydrogens is 291 g/mol. The van der Waals surface area contributed by atoms with E-state index in [1.165, 1.54) is 6.07 Å². The normalized spacial score (nSPS) is 11.8. The monoisotopic (exact) mass is 310 g/mol. The molecule has 1 heterocycles. The maximum atomic E-state index is 14.7. The van der Waals surface area contributed by atoms with Gasteiger partial charge in [-0.2, -0.15) is 0 Å². The van der Waals surface area contributed by atoms with Crippen molar-refractivity contribution in [3.05, 3.63) is 66.3 Å². The minimum atomic E-state index is -1.29. The highest BCUT2D eigenvalue weighted by atomic mass is 19.1. The molecule has 0 spiro atoms. The topological polar surface area (TPSA) is 48.9 Å². The van der Waals surface area contributed by atoms with E-state index in [-0.39, 0.29) is 0 Å². The standard InChI is InChI=1S/C19H19FN2O/c1-4-5-12-8-14(18(15(20)9-12)19(2,3)23)13-6-7-16-17(10-13)22-11-21-16/h4,6-11,23H,1,5H2,2-3H3,(H,21,22). The molecule has 2 N–H and O–H groups in total. The number of nitrogens with one attached hydrogen (secondary N) is 1. The number of H-pyrrole nitrogens is 1. The Kier molecular flexibility index (Phi) is 3.78. The zero-order chi connectivity index (χ0) is 16.6. The largest absolute Gasteiger partial charge is 0.386 e. The van der Waals surface area contributed by atoms with E-state index in [4.69, 9.17) is 0 Å². The molecule has 0 atom stereocenters. The van der Waals surface area contributed by atoms with Gasteiger partial charge in [-0.3, -0.25) is 0 Å². The average Bonchev–Trinajstić information content (AvgIpc) is 2.92. The Morgan fingerprint density at radius 2 is 2.09 bits per heavy atom. The molecule has 0 saturated heterocycles. The molecule has 0 aliphatic heterocycles. The lowest BCUT2D eigenvalue weighted by atomic mass is 9.87. The van der Waals surface area contributed by atoms with Crippen LogP contribution < -0.4 is 0 Å². The molecule has 1 aromatic heterocycles. The number of imidazole rings is 1. The maximum absolute atomic E-state index is 14.7. The summed E-state index contributed by atoms with van der Waals surface area (Å²) >= 11 is 0. The molecule has 3 aromatic rings. The highest BCUT2D eigenvalue weighted by Crippen LogP contribution is 2.35. The minimum absolute atomic E-state index is 0.292. The Balaban J connectivity index is 2.27. The summed E-state index contributed by atoms with van der Waals surface area (Å²) in [5.41, 5.74) is 3.06. The van der Waals surface area contributed by atoms with Crippen LogP contribution in [0.1, 0.15) is 25.0 Å². The molecule has 0 saturated carbocycles. The third-order valence-corrected chi connectivity index (χ3v) is 3.87. The molecule has 2 aromatic carbocycles. The van der Waals surface area contributed by atoms with E-state index in [0.29, 0.717) is 17.5 Å². The van der Waals surface area contributed by atoms with Crippen molar-refractivity contribution < 1.29 is 9.50 Å². The first-order valence-corrected chi connectivity index (χ1v) is 7.50. The first kappa shape index (κ1) is 15.4. The first-order valence-electron chi connectivity index (χ1n) is 7.50. The number of nitrogens with zero attached hydrogens (tertiary/aromatic N) is 1. The molecule has 0 aliphatic rings. The van der Waals surface area contributed by atoms with Crippen molar-refractivity contribution in [3.63, 3.8) is 0 Å². The maximum Gasteiger partial charge on any atom is 0.130 e. The lowest BCUT2D eigenvalue weighted by Crippen LogP contribution is -2.19. The van der Waals surface area contributed by atoms with Crippen LogP contribution in [0.15, 0.2) is 49.3 Å². The predicted octanol–water partition coefficient (Wildman–Crippen LogP) is 4.32. The van der Waals surface area contributed by atoms with Gasteiger partial charge in [0.2, 0.25) is 0 Å². The van der Waals surface area contributed by atoms with Crippen molar-refractivity contribution in [2.24, 2.45) is 0 Å². The van der Waals surface area contributed by atoms with Gasteiger partial charge >= 0.3 is 0 Å². The second-order valence-electron chi connectivity index (χ2n) is 6.19. The number of hydrogen-bond donors (Lipinski definition) is 2. The number of hydrogen-bond acceptors (Lipinski definition) is 2. The molecule has 3 rings (SSSR count). The van der Waals surface area contributed by atoms with Gasteiger partial charge in [-0.25, -0.2) is 9.37 Å². The highest BCUT2D eigenvalue weighted by Gasteiger charge is 2.26. The summed E-state index contributed by atoms with van der Waals surface area (Å²) < 4.78 is 14.7. The summed E-state index contributed by atoms with van der Waals surface area (Å²) in [6.07, 6.45) is 3.93. The van der Waals surface area contributed by atoms with Gasteiger partial charge < -0.3 is 10.1 Å². The minimum Gasteiger partial charge on any atom is -0.386 e. The van der Waals surface area contributed by atoms with Crippen LogP contribution in [-0.4, -0.2) is 15.1 Å². The average molecular weight is 310 g/mol. The van der Waals surface area contributed by atoms with Gasteiger partial charge in [0, 0.05) is 5.56 Å². The number of allylic oxidation sites excluding steroid dienone is 1. The van der Waals surface area contributed by atoms with E-state index < -0.39 is 11.4 Å². The Labute approximate surface area is 134 Å². The summed E-state index contributed by atoms with van der Waals surface area (Å²) in [5, 5.41) is 10.4. The van der Waals surface area contributed by atoms with Crippen LogP contribution in [0.25, 0.3) is 22.2 Å². The van der Waals surface area contributed by atoms with Gasteiger partial charge in [-0.05, 0) is 55.2 Å². The number of aliphatic hydroxyl groups is 1. The third-order valence-electron chi connectivity index (χ3n) is 3.87. The Bertz CT molecular complexity index is 875. The molecule has 0 aliphatic carbocycles. The molecule has 4 heteroatoms. The van der Waals surface area contributed by atoms with Gasteiger partial charge in [0.1, 0.15) is 5.82 Å². The summed E-state index contributed by atoms with van der Waals surface area (Å²) in [5.74, 6) is -0.408. The van der Waals surface area contributed by atoms with Crippen molar-refractivity contribution >= 4 is 11.0 Å². The number of halogens is 1. The number of fused-ring (bicyclic) bond motifs is 1. The fourth-order valence-corrected chi connectivity index (χ4v) is 2.90. The molecule has 0 fully saturated rings. The van der Waals surface area contributed by atoms with Gasteiger partial charge in [0.25, 0.3) is 0 Å². The molecule has 0 radical (unpaired) electrons. The molecular formula is C19H19FN2O. The van der Waals surface area contributed by atoms with Crippen LogP contribution in [0.4, 0.5) is 4.39 Å². The zero-order valence-electron chi connectivity index (χ0n) is 13.2. The summed E-state index contributed by atoms with van der Waals surface area (Å²) in [4.78, 5) is 7.29. The van der Waals surface area contributed by atoms with Crippen LogP contribution in [0, 0.1) is 5.82 Å². The van der Waals surface area contributed by atoms with Crippen molar-refractivity contribution in [1.82, 2.24) is 9.97 Å². The number of aromatic nitrogens is 2. The highest BCUT2D eigenvalue weighted by molar-refractivity contribution is 5.83. The zero-order valence-corrected chi connectivity index (χ0v) is 13.2. The van der Waals surface area contributed by atoms with Gasteiger partial charge in [-0.1, -0.05) is 18.2 Å². The Hall–Kier alpha value is -2.46. The summed E-state index contributed by atoms with van der Waals surface area (Å²) in [7, 11) is 0. The lowest BCUT2D eigenvalue weighted by molar-refractivity contribution is 0.0752. The SMILES string of the molecule is C=CCc1cc(F)c(C(C)(C)O)c(-c2ccc3[nH]cnc3c2)c1. The number of benzene rings is 2. The van der Waals surface area contributed by atoms with Crippen LogP contribution in [0.2, 0.25) is 0 Å².